The Hall–Kier alpha value is -1.95. The molecule has 1 aromatic heterocycles. The van der Waals surface area contributed by atoms with Gasteiger partial charge in [0.15, 0.2) is 0 Å². The highest BCUT2D eigenvalue weighted by molar-refractivity contribution is 7.07. The number of aromatic hydroxyl groups is 1. The molecule has 1 aromatic carbocycles. The Kier molecular flexibility index (Phi) is 2.82. The van der Waals surface area contributed by atoms with Crippen LogP contribution >= 0.6 is 11.5 Å². The maximum absolute atomic E-state index is 11.6. The van der Waals surface area contributed by atoms with E-state index in [1.807, 2.05) is 6.92 Å². The average molecular weight is 235 g/mol. The fourth-order valence-corrected chi connectivity index (χ4v) is 1.61. The van der Waals surface area contributed by atoms with Crippen molar-refractivity contribution in [1.82, 2.24) is 9.59 Å². The molecular weight excluding hydrogens is 226 g/mol. The summed E-state index contributed by atoms with van der Waals surface area (Å²) in [7, 11) is 0. The molecule has 6 heteroatoms. The molecule has 0 bridgehead atoms. The maximum atomic E-state index is 11.6. The number of hydrogen-bond donors (Lipinski definition) is 2. The third-order valence-corrected chi connectivity index (χ3v) is 2.65. The van der Waals surface area contributed by atoms with E-state index in [1.54, 1.807) is 18.2 Å². The number of carbonyl (C=O) groups is 1. The van der Waals surface area contributed by atoms with Crippen molar-refractivity contribution in [2.75, 3.05) is 5.32 Å². The maximum Gasteiger partial charge on any atom is 0.269 e. The molecule has 2 rings (SSSR count). The van der Waals surface area contributed by atoms with E-state index in [2.05, 4.69) is 14.9 Å². The van der Waals surface area contributed by atoms with Crippen LogP contribution in [0.1, 0.15) is 15.2 Å². The van der Waals surface area contributed by atoms with Gasteiger partial charge in [0.1, 0.15) is 10.6 Å². The standard InChI is InChI=1S/C10H9N3O2S/c1-6-2-3-7(8(14)4-6)12-10(15)9-5-11-13-16-9/h2-5,14H,1H3,(H,12,15). The topological polar surface area (TPSA) is 75.1 Å². The molecule has 2 aromatic rings. The third kappa shape index (κ3) is 2.17. The van der Waals surface area contributed by atoms with Gasteiger partial charge in [0.2, 0.25) is 0 Å². The lowest BCUT2D eigenvalue weighted by Gasteiger charge is -2.06. The Balaban J connectivity index is 2.18. The lowest BCUT2D eigenvalue weighted by molar-refractivity contribution is 0.103. The predicted molar refractivity (Wildman–Crippen MR) is 60.7 cm³/mol. The summed E-state index contributed by atoms with van der Waals surface area (Å²) in [4.78, 5) is 12.0. The second-order valence-electron chi connectivity index (χ2n) is 3.26. The first kappa shape index (κ1) is 10.6. The monoisotopic (exact) mass is 235 g/mol. The molecule has 0 unspecified atom stereocenters. The highest BCUT2D eigenvalue weighted by Crippen LogP contribution is 2.24. The molecule has 0 atom stereocenters. The fourth-order valence-electron chi connectivity index (χ4n) is 1.20. The van der Waals surface area contributed by atoms with Crippen LogP contribution in [0.15, 0.2) is 24.4 Å². The smallest absolute Gasteiger partial charge is 0.269 e. The molecule has 2 N–H and O–H groups in total. The Morgan fingerprint density at radius 3 is 2.94 bits per heavy atom. The molecular formula is C10H9N3O2S. The van der Waals surface area contributed by atoms with Crippen LogP contribution in [-0.2, 0) is 0 Å². The summed E-state index contributed by atoms with van der Waals surface area (Å²) in [5.41, 5.74) is 1.30. The SMILES string of the molecule is Cc1ccc(NC(=O)c2cnns2)c(O)c1. The van der Waals surface area contributed by atoms with Gasteiger partial charge >= 0.3 is 0 Å². The minimum Gasteiger partial charge on any atom is -0.506 e. The normalized spacial score (nSPS) is 10.1. The second kappa shape index (κ2) is 4.28. The average Bonchev–Trinajstić information content (AvgIpc) is 2.75. The lowest BCUT2D eigenvalue weighted by Crippen LogP contribution is -2.10. The largest absolute Gasteiger partial charge is 0.506 e. The van der Waals surface area contributed by atoms with Crippen molar-refractivity contribution in [2.24, 2.45) is 0 Å². The van der Waals surface area contributed by atoms with Crippen molar-refractivity contribution >= 4 is 23.1 Å². The van der Waals surface area contributed by atoms with Crippen molar-refractivity contribution in [2.45, 2.75) is 6.92 Å². The van der Waals surface area contributed by atoms with Gasteiger partial charge in [-0.1, -0.05) is 10.6 Å². The number of carbonyl (C=O) groups excluding carboxylic acids is 1. The third-order valence-electron chi connectivity index (χ3n) is 1.99. The summed E-state index contributed by atoms with van der Waals surface area (Å²) in [6.45, 7) is 1.86. The molecule has 0 radical (unpaired) electrons. The Morgan fingerprint density at radius 1 is 1.50 bits per heavy atom. The number of anilines is 1. The Bertz CT molecular complexity index is 511. The Labute approximate surface area is 95.9 Å². The number of amides is 1. The first-order valence-corrected chi connectivity index (χ1v) is 5.32. The molecule has 0 spiro atoms. The summed E-state index contributed by atoms with van der Waals surface area (Å²) in [5.74, 6) is -0.278. The lowest BCUT2D eigenvalue weighted by atomic mass is 10.2. The number of aromatic nitrogens is 2. The summed E-state index contributed by atoms with van der Waals surface area (Å²) in [5, 5.41) is 15.7. The second-order valence-corrected chi connectivity index (χ2v) is 4.04. The van der Waals surface area contributed by atoms with Crippen LogP contribution < -0.4 is 5.32 Å². The van der Waals surface area contributed by atoms with E-state index in [0.29, 0.717) is 10.6 Å². The molecule has 5 nitrogen and oxygen atoms in total. The minimum atomic E-state index is -0.325. The van der Waals surface area contributed by atoms with Gasteiger partial charge in [0.05, 0.1) is 11.9 Å². The zero-order chi connectivity index (χ0) is 11.5. The van der Waals surface area contributed by atoms with E-state index in [-0.39, 0.29) is 11.7 Å². The predicted octanol–water partition coefficient (Wildman–Crippen LogP) is 1.80. The van der Waals surface area contributed by atoms with Crippen LogP contribution in [0.4, 0.5) is 5.69 Å². The molecule has 0 aliphatic carbocycles. The van der Waals surface area contributed by atoms with E-state index in [9.17, 15) is 9.90 Å². The number of phenols is 1. The quantitative estimate of drug-likeness (QED) is 0.778. The molecule has 0 aliphatic heterocycles. The van der Waals surface area contributed by atoms with Gasteiger partial charge < -0.3 is 10.4 Å². The fraction of sp³-hybridized carbons (Fsp3) is 0.100. The van der Waals surface area contributed by atoms with Gasteiger partial charge in [-0.05, 0) is 36.2 Å². The number of rotatable bonds is 2. The van der Waals surface area contributed by atoms with E-state index in [1.165, 1.54) is 6.20 Å². The van der Waals surface area contributed by atoms with Gasteiger partial charge in [0.25, 0.3) is 5.91 Å². The zero-order valence-corrected chi connectivity index (χ0v) is 9.28. The Morgan fingerprint density at radius 2 is 2.31 bits per heavy atom. The van der Waals surface area contributed by atoms with E-state index in [0.717, 1.165) is 17.1 Å². The van der Waals surface area contributed by atoms with Crippen LogP contribution in [0.5, 0.6) is 5.75 Å². The number of phenolic OH excluding ortho intramolecular Hbond substituents is 1. The molecule has 0 saturated heterocycles. The molecule has 1 heterocycles. The van der Waals surface area contributed by atoms with Crippen LogP contribution in [0, 0.1) is 6.92 Å². The summed E-state index contributed by atoms with van der Waals surface area (Å²) < 4.78 is 3.59. The summed E-state index contributed by atoms with van der Waals surface area (Å²) >= 11 is 1.00. The first-order chi connectivity index (χ1) is 7.66. The van der Waals surface area contributed by atoms with Gasteiger partial charge in [-0.25, -0.2) is 0 Å². The highest BCUT2D eigenvalue weighted by atomic mass is 32.1. The number of nitrogens with one attached hydrogen (secondary N) is 1. The van der Waals surface area contributed by atoms with Crippen LogP contribution in [0.2, 0.25) is 0 Å². The van der Waals surface area contributed by atoms with Gasteiger partial charge in [-0.15, -0.1) is 5.10 Å². The number of hydrogen-bond acceptors (Lipinski definition) is 5. The molecule has 0 fully saturated rings. The summed E-state index contributed by atoms with van der Waals surface area (Å²) in [6.07, 6.45) is 1.38. The van der Waals surface area contributed by atoms with Crippen LogP contribution in [-0.4, -0.2) is 20.6 Å². The number of nitrogens with zero attached hydrogens (tertiary/aromatic N) is 2. The van der Waals surface area contributed by atoms with Crippen molar-refractivity contribution in [3.8, 4) is 5.75 Å². The van der Waals surface area contributed by atoms with Crippen molar-refractivity contribution in [3.05, 3.63) is 34.8 Å². The van der Waals surface area contributed by atoms with Crippen LogP contribution in [0.25, 0.3) is 0 Å². The van der Waals surface area contributed by atoms with E-state index in [4.69, 9.17) is 0 Å². The molecule has 82 valence electrons. The van der Waals surface area contributed by atoms with Gasteiger partial charge in [-0.3, -0.25) is 4.79 Å². The number of aryl methyl sites for hydroxylation is 1. The van der Waals surface area contributed by atoms with E-state index < -0.39 is 0 Å². The molecule has 1 amide bonds. The van der Waals surface area contributed by atoms with Crippen molar-refractivity contribution in [3.63, 3.8) is 0 Å². The molecule has 0 aliphatic rings. The number of benzene rings is 1. The van der Waals surface area contributed by atoms with Gasteiger partial charge in [0, 0.05) is 0 Å². The summed E-state index contributed by atoms with van der Waals surface area (Å²) in [6, 6.07) is 5.04. The zero-order valence-electron chi connectivity index (χ0n) is 8.47. The highest BCUT2D eigenvalue weighted by Gasteiger charge is 2.10. The van der Waals surface area contributed by atoms with Gasteiger partial charge in [-0.2, -0.15) is 0 Å². The van der Waals surface area contributed by atoms with E-state index >= 15 is 0 Å². The molecule has 0 saturated carbocycles. The van der Waals surface area contributed by atoms with Crippen LogP contribution in [0.3, 0.4) is 0 Å². The minimum absolute atomic E-state index is 0.0471. The molecule has 16 heavy (non-hydrogen) atoms. The van der Waals surface area contributed by atoms with Crippen molar-refractivity contribution < 1.29 is 9.90 Å². The first-order valence-electron chi connectivity index (χ1n) is 4.55. The van der Waals surface area contributed by atoms with Crippen molar-refractivity contribution in [1.29, 1.82) is 0 Å².